The van der Waals surface area contributed by atoms with Crippen molar-refractivity contribution in [3.05, 3.63) is 34.5 Å². The first-order chi connectivity index (χ1) is 11.9. The van der Waals surface area contributed by atoms with Crippen molar-refractivity contribution in [2.45, 2.75) is 26.3 Å². The molecule has 8 heteroatoms. The molecule has 2 atom stereocenters. The summed E-state index contributed by atoms with van der Waals surface area (Å²) in [7, 11) is 1.44. The smallest absolute Gasteiger partial charge is 0.317 e. The number of allylic oxidation sites excluding steroid dienone is 1. The number of esters is 1. The lowest BCUT2D eigenvalue weighted by Gasteiger charge is -2.36. The predicted octanol–water partition coefficient (Wildman–Crippen LogP) is 3.05. The maximum absolute atomic E-state index is 12.6. The minimum absolute atomic E-state index is 0.0789. The minimum Gasteiger partial charge on any atom is -0.504 e. The average molecular weight is 385 g/mol. The van der Waals surface area contributed by atoms with Crippen LogP contribution in [0.5, 0.6) is 11.5 Å². The molecule has 0 unspecified atom stereocenters. The third-order valence-corrected chi connectivity index (χ3v) is 4.36. The standard InChI is InChI=1S/C17H21ClN2O4S/c1-4-6-11-14(16(22)24-5-2)15(20-17(25)19-11)9-7-13(23-3)12(21)8-10(9)18/h6-8,14-15,21H,4-5H2,1-3H3,(H2,19,20,25)/b11-6+/t14-,15+/m0/s1. The summed E-state index contributed by atoms with van der Waals surface area (Å²) in [4.78, 5) is 12.6. The minimum atomic E-state index is -0.654. The van der Waals surface area contributed by atoms with Crippen LogP contribution >= 0.6 is 23.8 Å². The molecule has 1 aliphatic heterocycles. The van der Waals surface area contributed by atoms with Gasteiger partial charge < -0.3 is 25.2 Å². The summed E-state index contributed by atoms with van der Waals surface area (Å²) in [5.41, 5.74) is 1.25. The van der Waals surface area contributed by atoms with Crippen molar-refractivity contribution >= 4 is 34.9 Å². The summed E-state index contributed by atoms with van der Waals surface area (Å²) in [5, 5.41) is 16.7. The Morgan fingerprint density at radius 3 is 2.76 bits per heavy atom. The van der Waals surface area contributed by atoms with Crippen molar-refractivity contribution < 1.29 is 19.4 Å². The number of hydrogen-bond donors (Lipinski definition) is 3. The van der Waals surface area contributed by atoms with Crippen molar-refractivity contribution in [1.29, 1.82) is 0 Å². The van der Waals surface area contributed by atoms with E-state index in [2.05, 4.69) is 10.6 Å². The maximum Gasteiger partial charge on any atom is 0.317 e. The maximum atomic E-state index is 12.6. The van der Waals surface area contributed by atoms with E-state index >= 15 is 0 Å². The molecule has 25 heavy (non-hydrogen) atoms. The molecule has 2 rings (SSSR count). The lowest BCUT2D eigenvalue weighted by Crippen LogP contribution is -2.51. The second-order valence-corrected chi connectivity index (χ2v) is 6.23. The van der Waals surface area contributed by atoms with Crippen molar-refractivity contribution in [3.63, 3.8) is 0 Å². The zero-order valence-corrected chi connectivity index (χ0v) is 15.8. The second kappa shape index (κ2) is 8.40. The molecule has 0 bridgehead atoms. The van der Waals surface area contributed by atoms with E-state index in [0.717, 1.165) is 6.42 Å². The molecule has 0 spiro atoms. The molecule has 0 saturated carbocycles. The molecule has 3 N–H and O–H groups in total. The number of rotatable bonds is 5. The Balaban J connectivity index is 2.56. The topological polar surface area (TPSA) is 79.8 Å². The summed E-state index contributed by atoms with van der Waals surface area (Å²) < 4.78 is 10.4. The number of benzene rings is 1. The molecular formula is C17H21ClN2O4S. The van der Waals surface area contributed by atoms with Crippen LogP contribution in [0.15, 0.2) is 23.9 Å². The van der Waals surface area contributed by atoms with Gasteiger partial charge >= 0.3 is 5.97 Å². The predicted molar refractivity (Wildman–Crippen MR) is 99.8 cm³/mol. The summed E-state index contributed by atoms with van der Waals surface area (Å²) in [6.07, 6.45) is 2.62. The van der Waals surface area contributed by atoms with Crippen molar-refractivity contribution in [1.82, 2.24) is 10.6 Å². The van der Waals surface area contributed by atoms with Gasteiger partial charge in [-0.25, -0.2) is 0 Å². The Bertz CT molecular complexity index is 708. The third-order valence-electron chi connectivity index (χ3n) is 3.81. The molecule has 0 aliphatic carbocycles. The van der Waals surface area contributed by atoms with Crippen LogP contribution in [0, 0.1) is 5.92 Å². The van der Waals surface area contributed by atoms with Crippen molar-refractivity contribution in [2.75, 3.05) is 13.7 Å². The number of methoxy groups -OCH3 is 1. The van der Waals surface area contributed by atoms with Gasteiger partial charge in [-0.05, 0) is 37.2 Å². The van der Waals surface area contributed by atoms with Crippen LogP contribution in [0.1, 0.15) is 31.9 Å². The highest BCUT2D eigenvalue weighted by atomic mass is 35.5. The number of nitrogens with one attached hydrogen (secondary N) is 2. The number of phenols is 1. The Morgan fingerprint density at radius 1 is 1.44 bits per heavy atom. The molecule has 0 radical (unpaired) electrons. The molecule has 0 aromatic heterocycles. The van der Waals surface area contributed by atoms with E-state index in [1.807, 2.05) is 13.0 Å². The van der Waals surface area contributed by atoms with E-state index < -0.39 is 17.9 Å². The summed E-state index contributed by atoms with van der Waals surface area (Å²) >= 11 is 11.6. The third kappa shape index (κ3) is 4.16. The SMILES string of the molecule is CC/C=C1/NC(=S)N[C@H](c2cc(OC)c(O)cc2Cl)[C@H]1C(=O)OCC. The van der Waals surface area contributed by atoms with Crippen LogP contribution in [-0.2, 0) is 9.53 Å². The Kier molecular flexibility index (Phi) is 6.50. The molecule has 1 aromatic rings. The fourth-order valence-corrected chi connectivity index (χ4v) is 3.28. The van der Waals surface area contributed by atoms with Crippen LogP contribution in [0.25, 0.3) is 0 Å². The molecular weight excluding hydrogens is 364 g/mol. The van der Waals surface area contributed by atoms with Gasteiger partial charge in [0.2, 0.25) is 0 Å². The number of halogens is 1. The van der Waals surface area contributed by atoms with Crippen molar-refractivity contribution in [2.24, 2.45) is 5.92 Å². The molecule has 1 saturated heterocycles. The highest BCUT2D eigenvalue weighted by Crippen LogP contribution is 2.40. The second-order valence-electron chi connectivity index (χ2n) is 5.42. The highest BCUT2D eigenvalue weighted by Gasteiger charge is 2.39. The first-order valence-corrected chi connectivity index (χ1v) is 8.72. The van der Waals surface area contributed by atoms with Gasteiger partial charge in [-0.1, -0.05) is 24.6 Å². The molecule has 1 fully saturated rings. The number of thiocarbonyl (C=S) groups is 1. The van der Waals surface area contributed by atoms with E-state index in [9.17, 15) is 9.90 Å². The fraction of sp³-hybridized carbons (Fsp3) is 0.412. The molecule has 1 heterocycles. The highest BCUT2D eigenvalue weighted by molar-refractivity contribution is 7.80. The van der Waals surface area contributed by atoms with Crippen LogP contribution < -0.4 is 15.4 Å². The number of carbonyl (C=O) groups excluding carboxylic acids is 1. The van der Waals surface area contributed by atoms with E-state index in [1.165, 1.54) is 13.2 Å². The van der Waals surface area contributed by atoms with Gasteiger partial charge in [0.25, 0.3) is 0 Å². The van der Waals surface area contributed by atoms with Gasteiger partial charge in [-0.2, -0.15) is 0 Å². The van der Waals surface area contributed by atoms with E-state index in [-0.39, 0.29) is 18.1 Å². The molecule has 6 nitrogen and oxygen atoms in total. The summed E-state index contributed by atoms with van der Waals surface area (Å²) in [5.74, 6) is -0.866. The quantitative estimate of drug-likeness (QED) is 0.531. The van der Waals surface area contributed by atoms with Crippen LogP contribution in [0.2, 0.25) is 5.02 Å². The van der Waals surface area contributed by atoms with Crippen molar-refractivity contribution in [3.8, 4) is 11.5 Å². The Hall–Kier alpha value is -1.99. The lowest BCUT2D eigenvalue weighted by atomic mass is 9.88. The lowest BCUT2D eigenvalue weighted by molar-refractivity contribution is -0.147. The van der Waals surface area contributed by atoms with Gasteiger partial charge in [0, 0.05) is 16.8 Å². The summed E-state index contributed by atoms with van der Waals surface area (Å²) in [6, 6.07) is 2.43. The number of aromatic hydroxyl groups is 1. The fourth-order valence-electron chi connectivity index (χ4n) is 2.76. The largest absolute Gasteiger partial charge is 0.504 e. The van der Waals surface area contributed by atoms with E-state index in [4.69, 9.17) is 33.3 Å². The molecule has 1 aromatic carbocycles. The van der Waals surface area contributed by atoms with Gasteiger partial charge in [0.05, 0.1) is 19.8 Å². The van der Waals surface area contributed by atoms with Crippen LogP contribution in [0.4, 0.5) is 0 Å². The number of ether oxygens (including phenoxy) is 2. The number of phenolic OH excluding ortho intramolecular Hbond substituents is 1. The van der Waals surface area contributed by atoms with E-state index in [0.29, 0.717) is 21.4 Å². The molecule has 136 valence electrons. The average Bonchev–Trinajstić information content (AvgIpc) is 2.55. The molecule has 1 aliphatic rings. The Labute approximate surface area is 157 Å². The van der Waals surface area contributed by atoms with Crippen LogP contribution in [-0.4, -0.2) is 29.9 Å². The van der Waals surface area contributed by atoms with Crippen LogP contribution in [0.3, 0.4) is 0 Å². The van der Waals surface area contributed by atoms with Gasteiger partial charge in [-0.15, -0.1) is 0 Å². The zero-order valence-electron chi connectivity index (χ0n) is 14.3. The first-order valence-electron chi connectivity index (χ1n) is 7.93. The monoisotopic (exact) mass is 384 g/mol. The van der Waals surface area contributed by atoms with Gasteiger partial charge in [-0.3, -0.25) is 4.79 Å². The normalized spacial score (nSPS) is 21.4. The first kappa shape index (κ1) is 19.3. The Morgan fingerprint density at radius 2 is 2.16 bits per heavy atom. The van der Waals surface area contributed by atoms with Gasteiger partial charge in [0.1, 0.15) is 5.92 Å². The number of carbonyl (C=O) groups is 1. The zero-order chi connectivity index (χ0) is 18.6. The van der Waals surface area contributed by atoms with E-state index in [1.54, 1.807) is 13.0 Å². The van der Waals surface area contributed by atoms with Gasteiger partial charge in [0.15, 0.2) is 16.6 Å². The molecule has 0 amide bonds. The summed E-state index contributed by atoms with van der Waals surface area (Å²) in [6.45, 7) is 3.98. The number of hydrogen-bond acceptors (Lipinski definition) is 5.